The standard InChI is InChI=1S/C13H21N3O/c1-3-9(2)10-4-6-11(7-5-10)12(14)8-13(17)16-15/h4-7,9,12H,3,8,14-15H2,1-2H3,(H,16,17). The molecule has 0 spiro atoms. The van der Waals surface area contributed by atoms with Gasteiger partial charge in [0.1, 0.15) is 0 Å². The Hall–Kier alpha value is -1.39. The summed E-state index contributed by atoms with van der Waals surface area (Å²) in [5.74, 6) is 5.33. The lowest BCUT2D eigenvalue weighted by molar-refractivity contribution is -0.121. The summed E-state index contributed by atoms with van der Waals surface area (Å²) in [6.45, 7) is 4.35. The molecule has 0 aliphatic carbocycles. The van der Waals surface area contributed by atoms with E-state index in [2.05, 4.69) is 31.4 Å². The van der Waals surface area contributed by atoms with Crippen molar-refractivity contribution < 1.29 is 4.79 Å². The second-order valence-electron chi connectivity index (χ2n) is 4.35. The van der Waals surface area contributed by atoms with Gasteiger partial charge in [0.2, 0.25) is 5.91 Å². The lowest BCUT2D eigenvalue weighted by Crippen LogP contribution is -2.32. The molecule has 4 nitrogen and oxygen atoms in total. The van der Waals surface area contributed by atoms with Crippen LogP contribution in [0.25, 0.3) is 0 Å². The van der Waals surface area contributed by atoms with Gasteiger partial charge in [-0.05, 0) is 23.5 Å². The highest BCUT2D eigenvalue weighted by Crippen LogP contribution is 2.21. The maximum absolute atomic E-state index is 11.1. The molecular formula is C13H21N3O. The van der Waals surface area contributed by atoms with Crippen molar-refractivity contribution >= 4 is 5.91 Å². The number of nitrogens with one attached hydrogen (secondary N) is 1. The van der Waals surface area contributed by atoms with Gasteiger partial charge in [0, 0.05) is 12.5 Å². The van der Waals surface area contributed by atoms with E-state index in [0.29, 0.717) is 5.92 Å². The third-order valence-corrected chi connectivity index (χ3v) is 3.11. The highest BCUT2D eigenvalue weighted by Gasteiger charge is 2.11. The van der Waals surface area contributed by atoms with Crippen molar-refractivity contribution in [3.8, 4) is 0 Å². The molecule has 0 heterocycles. The Morgan fingerprint density at radius 1 is 1.29 bits per heavy atom. The Morgan fingerprint density at radius 2 is 1.82 bits per heavy atom. The third-order valence-electron chi connectivity index (χ3n) is 3.11. The number of nitrogens with two attached hydrogens (primary N) is 2. The van der Waals surface area contributed by atoms with Crippen LogP contribution in [0.1, 0.15) is 49.8 Å². The second kappa shape index (κ2) is 6.37. The summed E-state index contributed by atoms with van der Waals surface area (Å²) in [6.07, 6.45) is 1.32. The van der Waals surface area contributed by atoms with Gasteiger partial charge in [0.05, 0.1) is 0 Å². The van der Waals surface area contributed by atoms with Crippen LogP contribution in [0.2, 0.25) is 0 Å². The summed E-state index contributed by atoms with van der Waals surface area (Å²) in [4.78, 5) is 11.1. The Labute approximate surface area is 102 Å². The first-order chi connectivity index (χ1) is 8.08. The van der Waals surface area contributed by atoms with Gasteiger partial charge in [-0.25, -0.2) is 5.84 Å². The molecule has 0 radical (unpaired) electrons. The predicted octanol–water partition coefficient (Wildman–Crippen LogP) is 1.58. The van der Waals surface area contributed by atoms with Gasteiger partial charge < -0.3 is 5.73 Å². The van der Waals surface area contributed by atoms with Crippen LogP contribution in [0.4, 0.5) is 0 Å². The highest BCUT2D eigenvalue weighted by molar-refractivity contribution is 5.76. The first kappa shape index (κ1) is 13.7. The number of hydrazine groups is 1. The number of rotatable bonds is 5. The van der Waals surface area contributed by atoms with Gasteiger partial charge in [-0.3, -0.25) is 10.2 Å². The number of amides is 1. The summed E-state index contributed by atoms with van der Waals surface area (Å²) < 4.78 is 0. The maximum atomic E-state index is 11.1. The van der Waals surface area contributed by atoms with Crippen LogP contribution in [0, 0.1) is 0 Å². The maximum Gasteiger partial charge on any atom is 0.235 e. The van der Waals surface area contributed by atoms with Crippen LogP contribution in [-0.4, -0.2) is 5.91 Å². The number of carbonyl (C=O) groups excluding carboxylic acids is 1. The molecule has 94 valence electrons. The molecule has 0 aliphatic heterocycles. The fraction of sp³-hybridized carbons (Fsp3) is 0.462. The lowest BCUT2D eigenvalue weighted by Gasteiger charge is -2.13. The van der Waals surface area contributed by atoms with E-state index in [0.717, 1.165) is 12.0 Å². The van der Waals surface area contributed by atoms with Crippen LogP contribution in [0.5, 0.6) is 0 Å². The van der Waals surface area contributed by atoms with Gasteiger partial charge in [-0.1, -0.05) is 38.1 Å². The normalized spacial score (nSPS) is 14.1. The molecule has 17 heavy (non-hydrogen) atoms. The van der Waals surface area contributed by atoms with Crippen LogP contribution in [0.3, 0.4) is 0 Å². The minimum absolute atomic E-state index is 0.208. The van der Waals surface area contributed by atoms with Gasteiger partial charge in [-0.2, -0.15) is 0 Å². The summed E-state index contributed by atoms with van der Waals surface area (Å²) in [7, 11) is 0. The predicted molar refractivity (Wildman–Crippen MR) is 69.0 cm³/mol. The Morgan fingerprint density at radius 3 is 2.29 bits per heavy atom. The Balaban J connectivity index is 2.70. The number of carbonyl (C=O) groups is 1. The highest BCUT2D eigenvalue weighted by atomic mass is 16.2. The quantitative estimate of drug-likeness (QED) is 0.412. The van der Waals surface area contributed by atoms with E-state index in [1.807, 2.05) is 12.1 Å². The first-order valence-corrected chi connectivity index (χ1v) is 5.93. The molecule has 4 heteroatoms. The van der Waals surface area contributed by atoms with Gasteiger partial charge in [0.25, 0.3) is 0 Å². The van der Waals surface area contributed by atoms with Crippen LogP contribution in [0.15, 0.2) is 24.3 Å². The van der Waals surface area contributed by atoms with Crippen molar-refractivity contribution in [2.45, 2.75) is 38.6 Å². The average molecular weight is 235 g/mol. The first-order valence-electron chi connectivity index (χ1n) is 5.93. The average Bonchev–Trinajstić information content (AvgIpc) is 2.37. The molecule has 1 amide bonds. The zero-order valence-electron chi connectivity index (χ0n) is 10.4. The summed E-state index contributed by atoms with van der Waals surface area (Å²) >= 11 is 0. The molecule has 2 unspecified atom stereocenters. The molecule has 5 N–H and O–H groups in total. The summed E-state index contributed by atoms with van der Waals surface area (Å²) in [5.41, 5.74) is 10.3. The topological polar surface area (TPSA) is 81.1 Å². The van der Waals surface area contributed by atoms with Crippen LogP contribution in [-0.2, 0) is 4.79 Å². The fourth-order valence-corrected chi connectivity index (χ4v) is 1.68. The smallest absolute Gasteiger partial charge is 0.235 e. The summed E-state index contributed by atoms with van der Waals surface area (Å²) in [5, 5.41) is 0. The van der Waals surface area contributed by atoms with Crippen molar-refractivity contribution in [3.05, 3.63) is 35.4 Å². The molecule has 0 saturated heterocycles. The molecule has 0 bridgehead atoms. The van der Waals surface area contributed by atoms with Gasteiger partial charge in [-0.15, -0.1) is 0 Å². The van der Waals surface area contributed by atoms with Gasteiger partial charge >= 0.3 is 0 Å². The molecule has 1 aromatic rings. The lowest BCUT2D eigenvalue weighted by atomic mass is 9.95. The molecule has 1 aromatic carbocycles. The van der Waals surface area contributed by atoms with E-state index in [9.17, 15) is 4.79 Å². The van der Waals surface area contributed by atoms with E-state index in [1.54, 1.807) is 0 Å². The van der Waals surface area contributed by atoms with Crippen LogP contribution < -0.4 is 17.0 Å². The minimum Gasteiger partial charge on any atom is -0.324 e. The molecule has 1 rings (SSSR count). The Bertz CT molecular complexity index is 361. The van der Waals surface area contributed by atoms with E-state index in [-0.39, 0.29) is 18.4 Å². The van der Waals surface area contributed by atoms with E-state index in [1.165, 1.54) is 5.56 Å². The van der Waals surface area contributed by atoms with Crippen molar-refractivity contribution in [3.63, 3.8) is 0 Å². The summed E-state index contributed by atoms with van der Waals surface area (Å²) in [6, 6.07) is 7.81. The van der Waals surface area contributed by atoms with E-state index >= 15 is 0 Å². The zero-order chi connectivity index (χ0) is 12.8. The minimum atomic E-state index is -0.301. The molecule has 0 aliphatic rings. The number of hydrogen-bond donors (Lipinski definition) is 3. The molecule has 0 saturated carbocycles. The van der Waals surface area contributed by atoms with E-state index in [4.69, 9.17) is 11.6 Å². The van der Waals surface area contributed by atoms with Crippen molar-refractivity contribution in [1.29, 1.82) is 0 Å². The monoisotopic (exact) mass is 235 g/mol. The van der Waals surface area contributed by atoms with Gasteiger partial charge in [0.15, 0.2) is 0 Å². The van der Waals surface area contributed by atoms with E-state index < -0.39 is 0 Å². The molecular weight excluding hydrogens is 214 g/mol. The SMILES string of the molecule is CCC(C)c1ccc(C(N)CC(=O)NN)cc1. The molecule has 0 fully saturated rings. The largest absolute Gasteiger partial charge is 0.324 e. The zero-order valence-corrected chi connectivity index (χ0v) is 10.4. The third kappa shape index (κ3) is 3.84. The second-order valence-corrected chi connectivity index (χ2v) is 4.35. The fourth-order valence-electron chi connectivity index (χ4n) is 1.68. The molecule has 2 atom stereocenters. The number of hydrogen-bond acceptors (Lipinski definition) is 3. The van der Waals surface area contributed by atoms with Crippen molar-refractivity contribution in [2.75, 3.05) is 0 Å². The van der Waals surface area contributed by atoms with Crippen molar-refractivity contribution in [1.82, 2.24) is 5.43 Å². The van der Waals surface area contributed by atoms with Crippen LogP contribution >= 0.6 is 0 Å². The van der Waals surface area contributed by atoms with Crippen molar-refractivity contribution in [2.24, 2.45) is 11.6 Å². The Kier molecular flexibility index (Phi) is 5.12. The molecule has 0 aromatic heterocycles. The number of benzene rings is 1.